The molecule has 1 fully saturated rings. The van der Waals surface area contributed by atoms with Crippen LogP contribution >= 0.6 is 11.8 Å². The lowest BCUT2D eigenvalue weighted by Gasteiger charge is -2.30. The van der Waals surface area contributed by atoms with E-state index in [1.165, 1.54) is 23.6 Å². The Morgan fingerprint density at radius 3 is 2.58 bits per heavy atom. The van der Waals surface area contributed by atoms with E-state index in [4.69, 9.17) is 0 Å². The molecule has 0 bridgehead atoms. The molecule has 2 N–H and O–H groups in total. The van der Waals surface area contributed by atoms with Crippen molar-refractivity contribution in [3.05, 3.63) is 35.9 Å². The summed E-state index contributed by atoms with van der Waals surface area (Å²) in [5.41, 5.74) is 0.858. The smallest absolute Gasteiger partial charge is 0.334 e. The van der Waals surface area contributed by atoms with Gasteiger partial charge >= 0.3 is 5.97 Å². The Bertz CT molecular complexity index is 606. The lowest BCUT2D eigenvalue weighted by atomic mass is 10.00. The largest absolute Gasteiger partial charge is 0.479 e. The molecule has 1 aliphatic heterocycles. The number of carbonyl (C=O) groups excluding carboxylic acids is 2. The van der Waals surface area contributed by atoms with Crippen molar-refractivity contribution in [2.24, 2.45) is 5.92 Å². The maximum Gasteiger partial charge on any atom is 0.334 e. The zero-order chi connectivity index (χ0) is 17.7. The maximum absolute atomic E-state index is 12.3. The maximum atomic E-state index is 12.3. The Morgan fingerprint density at radius 2 is 2.00 bits per heavy atom. The van der Waals surface area contributed by atoms with E-state index in [-0.39, 0.29) is 29.8 Å². The first kappa shape index (κ1) is 18.5. The van der Waals surface area contributed by atoms with E-state index in [0.29, 0.717) is 12.3 Å². The van der Waals surface area contributed by atoms with Crippen LogP contribution in [-0.2, 0) is 20.8 Å². The first-order chi connectivity index (χ1) is 11.4. The first-order valence-corrected chi connectivity index (χ1v) is 8.74. The third-order valence-electron chi connectivity index (χ3n) is 4.07. The van der Waals surface area contributed by atoms with Gasteiger partial charge in [0.05, 0.1) is 6.04 Å². The molecule has 24 heavy (non-hydrogen) atoms. The molecule has 7 heteroatoms. The van der Waals surface area contributed by atoms with Crippen LogP contribution in [0.5, 0.6) is 0 Å². The number of amides is 1. The number of aliphatic hydroxyl groups excluding tert-OH is 1. The second-order valence-electron chi connectivity index (χ2n) is 5.96. The summed E-state index contributed by atoms with van der Waals surface area (Å²) in [4.78, 5) is 36.1. The van der Waals surface area contributed by atoms with Crippen molar-refractivity contribution in [3.8, 4) is 0 Å². The molecular formula is C17H21NO5S. The highest BCUT2D eigenvalue weighted by atomic mass is 32.2. The standard InChI is InChI=1S/C17H21NO5S/c1-11(19)24-10-13-8-15(20)18(9-13)14(16(21)17(22)23)7-12-5-3-2-4-6-12/h2-6,13-14,16,21H,7-10H2,1H3,(H,22,23)/t13?,14-,16+/m1/s1. The average Bonchev–Trinajstić information content (AvgIpc) is 2.91. The molecule has 1 aromatic carbocycles. The van der Waals surface area contributed by atoms with Crippen LogP contribution in [0.25, 0.3) is 0 Å². The average molecular weight is 351 g/mol. The third-order valence-corrected chi connectivity index (χ3v) is 5.11. The van der Waals surface area contributed by atoms with Crippen molar-refractivity contribution >= 4 is 28.8 Å². The van der Waals surface area contributed by atoms with Gasteiger partial charge in [-0.3, -0.25) is 9.59 Å². The molecule has 1 unspecified atom stereocenters. The molecule has 1 heterocycles. The molecular weight excluding hydrogens is 330 g/mol. The number of hydrogen-bond acceptors (Lipinski definition) is 5. The summed E-state index contributed by atoms with van der Waals surface area (Å²) in [5.74, 6) is -1.000. The summed E-state index contributed by atoms with van der Waals surface area (Å²) in [7, 11) is 0. The Morgan fingerprint density at radius 1 is 1.33 bits per heavy atom. The number of nitrogens with zero attached hydrogens (tertiary/aromatic N) is 1. The molecule has 0 saturated carbocycles. The van der Waals surface area contributed by atoms with Crippen LogP contribution in [-0.4, -0.2) is 56.5 Å². The zero-order valence-electron chi connectivity index (χ0n) is 13.4. The minimum Gasteiger partial charge on any atom is -0.479 e. The summed E-state index contributed by atoms with van der Waals surface area (Å²) < 4.78 is 0. The number of carboxylic acids is 1. The molecule has 1 aliphatic rings. The summed E-state index contributed by atoms with van der Waals surface area (Å²) in [6, 6.07) is 8.37. The quantitative estimate of drug-likeness (QED) is 0.766. The molecule has 3 atom stereocenters. The number of thioether (sulfide) groups is 1. The number of benzene rings is 1. The van der Waals surface area contributed by atoms with Crippen molar-refractivity contribution in [3.63, 3.8) is 0 Å². The van der Waals surface area contributed by atoms with Gasteiger partial charge in [0.15, 0.2) is 11.2 Å². The number of hydrogen-bond donors (Lipinski definition) is 2. The molecule has 0 aromatic heterocycles. The Balaban J connectivity index is 2.13. The molecule has 130 valence electrons. The monoisotopic (exact) mass is 351 g/mol. The number of aliphatic carboxylic acids is 1. The first-order valence-electron chi connectivity index (χ1n) is 7.76. The highest BCUT2D eigenvalue weighted by Gasteiger charge is 2.39. The van der Waals surface area contributed by atoms with Gasteiger partial charge in [-0.05, 0) is 17.9 Å². The van der Waals surface area contributed by atoms with Gasteiger partial charge in [0.25, 0.3) is 0 Å². The van der Waals surface area contributed by atoms with E-state index in [1.807, 2.05) is 30.3 Å². The molecule has 0 radical (unpaired) electrons. The Kier molecular flexibility index (Phi) is 6.39. The highest BCUT2D eigenvalue weighted by Crippen LogP contribution is 2.26. The fourth-order valence-corrected chi connectivity index (χ4v) is 3.58. The van der Waals surface area contributed by atoms with Crippen LogP contribution in [0, 0.1) is 5.92 Å². The second-order valence-corrected chi connectivity index (χ2v) is 7.16. The van der Waals surface area contributed by atoms with Crippen LogP contribution in [0.1, 0.15) is 18.9 Å². The van der Waals surface area contributed by atoms with Gasteiger partial charge in [0, 0.05) is 25.6 Å². The van der Waals surface area contributed by atoms with Crippen molar-refractivity contribution < 1.29 is 24.6 Å². The summed E-state index contributed by atoms with van der Waals surface area (Å²) in [6.45, 7) is 1.84. The van der Waals surface area contributed by atoms with Crippen LogP contribution in [0.4, 0.5) is 0 Å². The molecule has 1 amide bonds. The third kappa shape index (κ3) is 4.82. The van der Waals surface area contributed by atoms with Crippen LogP contribution in [0.2, 0.25) is 0 Å². The van der Waals surface area contributed by atoms with Crippen molar-refractivity contribution in [1.29, 1.82) is 0 Å². The summed E-state index contributed by atoms with van der Waals surface area (Å²) >= 11 is 1.17. The van der Waals surface area contributed by atoms with E-state index in [2.05, 4.69) is 0 Å². The number of rotatable bonds is 7. The molecule has 1 aromatic rings. The molecule has 1 saturated heterocycles. The predicted octanol–water partition coefficient (Wildman–Crippen LogP) is 1.17. The van der Waals surface area contributed by atoms with Gasteiger partial charge in [0.1, 0.15) is 0 Å². The minimum atomic E-state index is -1.65. The van der Waals surface area contributed by atoms with E-state index in [9.17, 15) is 24.6 Å². The summed E-state index contributed by atoms with van der Waals surface area (Å²) in [6.07, 6.45) is -1.10. The van der Waals surface area contributed by atoms with Crippen LogP contribution in [0.15, 0.2) is 30.3 Å². The molecule has 0 aliphatic carbocycles. The highest BCUT2D eigenvalue weighted by molar-refractivity contribution is 8.13. The number of carbonyl (C=O) groups is 3. The van der Waals surface area contributed by atoms with E-state index in [0.717, 1.165) is 5.56 Å². The fraction of sp³-hybridized carbons (Fsp3) is 0.471. The van der Waals surface area contributed by atoms with E-state index < -0.39 is 18.1 Å². The lowest BCUT2D eigenvalue weighted by molar-refractivity contribution is -0.152. The normalized spacial score (nSPS) is 20.0. The Hall–Kier alpha value is -1.86. The number of likely N-dealkylation sites (tertiary alicyclic amines) is 1. The fourth-order valence-electron chi connectivity index (χ4n) is 2.89. The van der Waals surface area contributed by atoms with Gasteiger partial charge in [-0.15, -0.1) is 0 Å². The zero-order valence-corrected chi connectivity index (χ0v) is 14.2. The van der Waals surface area contributed by atoms with E-state index >= 15 is 0 Å². The predicted molar refractivity (Wildman–Crippen MR) is 90.5 cm³/mol. The molecule has 0 spiro atoms. The van der Waals surface area contributed by atoms with Crippen molar-refractivity contribution in [2.45, 2.75) is 31.9 Å². The van der Waals surface area contributed by atoms with Crippen molar-refractivity contribution in [2.75, 3.05) is 12.3 Å². The topological polar surface area (TPSA) is 94.9 Å². The van der Waals surface area contributed by atoms with Crippen molar-refractivity contribution in [1.82, 2.24) is 4.90 Å². The van der Waals surface area contributed by atoms with Crippen LogP contribution in [0.3, 0.4) is 0 Å². The lowest BCUT2D eigenvalue weighted by Crippen LogP contribution is -2.49. The summed E-state index contributed by atoms with van der Waals surface area (Å²) in [5, 5.41) is 19.3. The molecule has 2 rings (SSSR count). The van der Waals surface area contributed by atoms with Gasteiger partial charge < -0.3 is 15.1 Å². The number of aliphatic hydroxyl groups is 1. The van der Waals surface area contributed by atoms with E-state index in [1.54, 1.807) is 0 Å². The Labute approximate surface area is 144 Å². The number of carboxylic acid groups (broad SMARTS) is 1. The SMILES string of the molecule is CC(=O)SCC1CC(=O)N([C@H](Cc2ccccc2)[C@H](O)C(=O)O)C1. The van der Waals surface area contributed by atoms with Crippen LogP contribution < -0.4 is 0 Å². The minimum absolute atomic E-state index is 0.00712. The van der Waals surface area contributed by atoms with Gasteiger partial charge in [-0.25, -0.2) is 4.79 Å². The van der Waals surface area contributed by atoms with Gasteiger partial charge in [-0.1, -0.05) is 42.1 Å². The van der Waals surface area contributed by atoms with Gasteiger partial charge in [0.2, 0.25) is 5.91 Å². The van der Waals surface area contributed by atoms with Gasteiger partial charge in [-0.2, -0.15) is 0 Å². The second kappa shape index (κ2) is 8.30. The molecule has 6 nitrogen and oxygen atoms in total.